The summed E-state index contributed by atoms with van der Waals surface area (Å²) in [4.78, 5) is 22.9. The number of rotatable bonds is 4. The molecule has 0 unspecified atom stereocenters. The third-order valence-corrected chi connectivity index (χ3v) is 5.79. The third-order valence-electron chi connectivity index (χ3n) is 3.63. The maximum atomic E-state index is 12.2. The number of hydrogen-bond donors (Lipinski definition) is 2. The Morgan fingerprint density at radius 3 is 2.95 bits per heavy atom. The van der Waals surface area contributed by atoms with Gasteiger partial charge in [0.15, 0.2) is 0 Å². The van der Waals surface area contributed by atoms with Gasteiger partial charge in [0.25, 0.3) is 5.56 Å². The molecule has 0 saturated heterocycles. The van der Waals surface area contributed by atoms with Crippen molar-refractivity contribution in [3.05, 3.63) is 49.0 Å². The number of thiophene rings is 2. The van der Waals surface area contributed by atoms with Crippen molar-refractivity contribution in [2.24, 2.45) is 0 Å². The normalized spacial score (nSPS) is 12.9. The quantitative estimate of drug-likeness (QED) is 0.773. The minimum absolute atomic E-state index is 0.0394. The van der Waals surface area contributed by atoms with Gasteiger partial charge in [-0.15, -0.1) is 22.7 Å². The van der Waals surface area contributed by atoms with E-state index in [1.54, 1.807) is 22.7 Å². The number of aromatic amines is 1. The average Bonchev–Trinajstić information content (AvgIpc) is 3.06. The van der Waals surface area contributed by atoms with Gasteiger partial charge in [0.2, 0.25) is 0 Å². The van der Waals surface area contributed by atoms with Gasteiger partial charge in [-0.25, -0.2) is 4.98 Å². The van der Waals surface area contributed by atoms with Gasteiger partial charge in [-0.2, -0.15) is 0 Å². The smallest absolute Gasteiger partial charge is 0.259 e. The van der Waals surface area contributed by atoms with E-state index in [9.17, 15) is 4.79 Å². The lowest BCUT2D eigenvalue weighted by Crippen LogP contribution is -2.21. The summed E-state index contributed by atoms with van der Waals surface area (Å²) in [5, 5.41) is 6.19. The van der Waals surface area contributed by atoms with Crippen LogP contribution in [0.1, 0.15) is 34.1 Å². The molecule has 3 aromatic heterocycles. The maximum Gasteiger partial charge on any atom is 0.259 e. The highest BCUT2D eigenvalue weighted by molar-refractivity contribution is 7.18. The van der Waals surface area contributed by atoms with E-state index in [0.29, 0.717) is 12.4 Å². The van der Waals surface area contributed by atoms with Crippen molar-refractivity contribution in [3.8, 4) is 0 Å². The van der Waals surface area contributed by atoms with Crippen molar-refractivity contribution >= 4 is 32.9 Å². The summed E-state index contributed by atoms with van der Waals surface area (Å²) in [7, 11) is 0. The van der Waals surface area contributed by atoms with Crippen LogP contribution in [0.4, 0.5) is 0 Å². The van der Waals surface area contributed by atoms with E-state index in [1.807, 2.05) is 19.9 Å². The molecule has 0 spiro atoms. The predicted molar refractivity (Wildman–Crippen MR) is 89.3 cm³/mol. The topological polar surface area (TPSA) is 57.8 Å². The fourth-order valence-corrected chi connectivity index (χ4v) is 4.08. The number of nitrogens with one attached hydrogen (secondary N) is 2. The van der Waals surface area contributed by atoms with Crippen LogP contribution in [0.3, 0.4) is 0 Å². The van der Waals surface area contributed by atoms with Crippen LogP contribution in [0.5, 0.6) is 0 Å². The van der Waals surface area contributed by atoms with Crippen LogP contribution in [-0.2, 0) is 6.54 Å². The highest BCUT2D eigenvalue weighted by Gasteiger charge is 2.12. The van der Waals surface area contributed by atoms with E-state index in [4.69, 9.17) is 0 Å². The molecular formula is C15H17N3OS2. The maximum absolute atomic E-state index is 12.2. The standard InChI is InChI=1S/C15H17N3OS2/c1-8-10(3)21-15-13(8)14(19)17-12(18-15)7-16-9(2)11-5-4-6-20-11/h4-6,9,16H,7H2,1-3H3,(H,17,18,19)/t9-/m0/s1. The summed E-state index contributed by atoms with van der Waals surface area (Å²) in [6.45, 7) is 6.67. The van der Waals surface area contributed by atoms with Crippen LogP contribution >= 0.6 is 22.7 Å². The monoisotopic (exact) mass is 319 g/mol. The van der Waals surface area contributed by atoms with Crippen LogP contribution in [0.2, 0.25) is 0 Å². The van der Waals surface area contributed by atoms with E-state index >= 15 is 0 Å². The van der Waals surface area contributed by atoms with Crippen LogP contribution < -0.4 is 10.9 Å². The summed E-state index contributed by atoms with van der Waals surface area (Å²) < 4.78 is 0. The zero-order chi connectivity index (χ0) is 15.0. The Balaban J connectivity index is 1.83. The first-order valence-corrected chi connectivity index (χ1v) is 8.51. The SMILES string of the molecule is Cc1sc2nc(CN[C@@H](C)c3cccs3)[nH]c(=O)c2c1C. The van der Waals surface area contributed by atoms with Crippen molar-refractivity contribution in [2.75, 3.05) is 0 Å². The van der Waals surface area contributed by atoms with Crippen molar-refractivity contribution in [1.82, 2.24) is 15.3 Å². The molecule has 0 fully saturated rings. The summed E-state index contributed by atoms with van der Waals surface area (Å²) >= 11 is 3.31. The number of aromatic nitrogens is 2. The molecule has 0 aliphatic heterocycles. The number of fused-ring (bicyclic) bond motifs is 1. The molecule has 0 aromatic carbocycles. The van der Waals surface area contributed by atoms with Gasteiger partial charge in [-0.1, -0.05) is 6.07 Å². The zero-order valence-electron chi connectivity index (χ0n) is 12.2. The molecule has 0 radical (unpaired) electrons. The Bertz CT molecular complexity index is 817. The number of nitrogens with zero attached hydrogens (tertiary/aromatic N) is 1. The highest BCUT2D eigenvalue weighted by atomic mass is 32.1. The molecule has 0 aliphatic rings. The van der Waals surface area contributed by atoms with Crippen LogP contribution in [0, 0.1) is 13.8 Å². The second-order valence-corrected chi connectivity index (χ2v) is 7.28. The Labute approximate surface area is 130 Å². The second-order valence-electron chi connectivity index (χ2n) is 5.09. The van der Waals surface area contributed by atoms with E-state index in [1.165, 1.54) is 4.88 Å². The molecule has 110 valence electrons. The Morgan fingerprint density at radius 2 is 2.24 bits per heavy atom. The van der Waals surface area contributed by atoms with Gasteiger partial charge >= 0.3 is 0 Å². The third kappa shape index (κ3) is 2.79. The van der Waals surface area contributed by atoms with Crippen LogP contribution in [-0.4, -0.2) is 9.97 Å². The summed E-state index contributed by atoms with van der Waals surface area (Å²) in [6, 6.07) is 4.40. The first-order chi connectivity index (χ1) is 10.1. The molecule has 0 amide bonds. The summed E-state index contributed by atoms with van der Waals surface area (Å²) in [6.07, 6.45) is 0. The first-order valence-electron chi connectivity index (χ1n) is 6.82. The molecule has 0 saturated carbocycles. The molecule has 21 heavy (non-hydrogen) atoms. The fraction of sp³-hybridized carbons (Fsp3) is 0.333. The molecular weight excluding hydrogens is 302 g/mol. The lowest BCUT2D eigenvalue weighted by atomic mass is 10.2. The molecule has 3 rings (SSSR count). The largest absolute Gasteiger partial charge is 0.309 e. The predicted octanol–water partition coefficient (Wildman–Crippen LogP) is 3.51. The molecule has 6 heteroatoms. The Kier molecular flexibility index (Phi) is 3.93. The molecule has 4 nitrogen and oxygen atoms in total. The van der Waals surface area contributed by atoms with Crippen molar-refractivity contribution in [2.45, 2.75) is 33.4 Å². The Morgan fingerprint density at radius 1 is 1.43 bits per heavy atom. The van der Waals surface area contributed by atoms with E-state index in [2.05, 4.69) is 33.7 Å². The average molecular weight is 319 g/mol. The summed E-state index contributed by atoms with van der Waals surface area (Å²) in [5.74, 6) is 0.692. The molecule has 1 atom stereocenters. The van der Waals surface area contributed by atoms with Gasteiger partial charge in [0.1, 0.15) is 10.7 Å². The second kappa shape index (κ2) is 5.71. The minimum atomic E-state index is -0.0394. The van der Waals surface area contributed by atoms with Gasteiger partial charge in [-0.05, 0) is 37.8 Å². The van der Waals surface area contributed by atoms with Gasteiger partial charge in [0, 0.05) is 15.8 Å². The van der Waals surface area contributed by atoms with E-state index in [-0.39, 0.29) is 11.6 Å². The first kappa shape index (κ1) is 14.4. The van der Waals surface area contributed by atoms with E-state index < -0.39 is 0 Å². The van der Waals surface area contributed by atoms with Gasteiger partial charge in [-0.3, -0.25) is 4.79 Å². The van der Waals surface area contributed by atoms with Crippen LogP contribution in [0.15, 0.2) is 22.3 Å². The van der Waals surface area contributed by atoms with Gasteiger partial charge < -0.3 is 10.3 Å². The number of aryl methyl sites for hydroxylation is 2. The van der Waals surface area contributed by atoms with E-state index in [0.717, 1.165) is 20.7 Å². The lowest BCUT2D eigenvalue weighted by molar-refractivity contribution is 0.567. The molecule has 0 bridgehead atoms. The molecule has 2 N–H and O–H groups in total. The van der Waals surface area contributed by atoms with Crippen molar-refractivity contribution in [3.63, 3.8) is 0 Å². The zero-order valence-corrected chi connectivity index (χ0v) is 13.8. The van der Waals surface area contributed by atoms with Gasteiger partial charge in [0.05, 0.1) is 11.9 Å². The minimum Gasteiger partial charge on any atom is -0.309 e. The molecule has 3 aromatic rings. The lowest BCUT2D eigenvalue weighted by Gasteiger charge is -2.11. The van der Waals surface area contributed by atoms with Crippen molar-refractivity contribution < 1.29 is 0 Å². The summed E-state index contributed by atoms with van der Waals surface area (Å²) in [5.41, 5.74) is 0.998. The van der Waals surface area contributed by atoms with Crippen LogP contribution in [0.25, 0.3) is 10.2 Å². The van der Waals surface area contributed by atoms with Crippen molar-refractivity contribution in [1.29, 1.82) is 0 Å². The Hall–Kier alpha value is -1.50. The molecule has 0 aliphatic carbocycles. The number of hydrogen-bond acceptors (Lipinski definition) is 5. The number of H-pyrrole nitrogens is 1. The molecule has 3 heterocycles. The fourth-order valence-electron chi connectivity index (χ4n) is 2.27. The highest BCUT2D eigenvalue weighted by Crippen LogP contribution is 2.25.